The molecule has 54 heavy (non-hydrogen) atoms. The molecule has 0 bridgehead atoms. The van der Waals surface area contributed by atoms with Gasteiger partial charge in [-0.1, -0.05) is 146 Å². The second-order valence-corrected chi connectivity index (χ2v) is 14.2. The number of nitrogens with zero attached hydrogens (tertiary/aromatic N) is 2. The summed E-state index contributed by atoms with van der Waals surface area (Å²) in [4.78, 5) is 2.39. The Labute approximate surface area is 313 Å². The fraction of sp³-hybridized carbons (Fsp3) is 0. The van der Waals surface area contributed by atoms with Crippen LogP contribution in [0.1, 0.15) is 0 Å². The van der Waals surface area contributed by atoms with Gasteiger partial charge >= 0.3 is 0 Å². The van der Waals surface area contributed by atoms with Crippen LogP contribution >= 0.6 is 0 Å². The first-order valence-corrected chi connectivity index (χ1v) is 18.6. The average molecular weight is 687 g/mol. The first-order valence-electron chi connectivity index (χ1n) is 18.6. The Morgan fingerprint density at radius 2 is 0.667 bits per heavy atom. The minimum atomic E-state index is 1.12. The minimum Gasteiger partial charge on any atom is -0.310 e. The molecule has 1 aromatic heterocycles. The summed E-state index contributed by atoms with van der Waals surface area (Å²) in [7, 11) is 0. The summed E-state index contributed by atoms with van der Waals surface area (Å²) in [6.07, 6.45) is 0. The molecule has 0 aliphatic rings. The highest BCUT2D eigenvalue weighted by atomic mass is 15.1. The van der Waals surface area contributed by atoms with Crippen LogP contribution in [0, 0.1) is 0 Å². The Bertz CT molecular complexity index is 2920. The quantitative estimate of drug-likeness (QED) is 0.158. The molecule has 11 rings (SSSR count). The molecule has 0 unspecified atom stereocenters. The van der Waals surface area contributed by atoms with E-state index >= 15 is 0 Å². The van der Waals surface area contributed by atoms with Crippen LogP contribution in [0.3, 0.4) is 0 Å². The molecule has 0 amide bonds. The summed E-state index contributed by atoms with van der Waals surface area (Å²) in [5.74, 6) is 0. The van der Waals surface area contributed by atoms with Crippen molar-refractivity contribution in [3.05, 3.63) is 206 Å². The van der Waals surface area contributed by atoms with Crippen LogP contribution in [-0.2, 0) is 0 Å². The first kappa shape index (κ1) is 30.5. The van der Waals surface area contributed by atoms with Gasteiger partial charge in [0, 0.05) is 33.5 Å². The SMILES string of the molecule is c1ccc(-c2ccc(N(c3ccc(-c4ccccc4)cc3)c3cc4ccc5cc(-n6c7ccccc7c7ccccc76)cc6ccc(c3)c4c56)cc2)cc1. The lowest BCUT2D eigenvalue weighted by atomic mass is 9.93. The van der Waals surface area contributed by atoms with E-state index in [1.165, 1.54) is 82.1 Å². The normalized spacial score (nSPS) is 11.7. The number of hydrogen-bond donors (Lipinski definition) is 0. The molecule has 2 nitrogen and oxygen atoms in total. The van der Waals surface area contributed by atoms with Gasteiger partial charge in [-0.2, -0.15) is 0 Å². The van der Waals surface area contributed by atoms with Crippen LogP contribution in [0.5, 0.6) is 0 Å². The number of aromatic nitrogens is 1. The van der Waals surface area contributed by atoms with Crippen molar-refractivity contribution in [2.75, 3.05) is 4.90 Å². The Hall–Kier alpha value is -7.16. The van der Waals surface area contributed by atoms with Crippen LogP contribution in [0.2, 0.25) is 0 Å². The van der Waals surface area contributed by atoms with Crippen molar-refractivity contribution in [3.63, 3.8) is 0 Å². The number of anilines is 3. The van der Waals surface area contributed by atoms with E-state index in [0.29, 0.717) is 0 Å². The van der Waals surface area contributed by atoms with Crippen LogP contribution in [0.4, 0.5) is 17.1 Å². The molecule has 0 aliphatic heterocycles. The topological polar surface area (TPSA) is 8.17 Å². The van der Waals surface area contributed by atoms with E-state index in [9.17, 15) is 0 Å². The third-order valence-electron chi connectivity index (χ3n) is 11.1. The summed E-state index contributed by atoms with van der Waals surface area (Å²) in [6.45, 7) is 0. The molecular formula is C52H34N2. The highest BCUT2D eigenvalue weighted by molar-refractivity contribution is 6.24. The third-order valence-corrected chi connectivity index (χ3v) is 11.1. The predicted octanol–water partition coefficient (Wildman–Crippen LogP) is 14.5. The summed E-state index contributed by atoms with van der Waals surface area (Å²) < 4.78 is 2.42. The van der Waals surface area contributed by atoms with Gasteiger partial charge in [0.1, 0.15) is 0 Å². The van der Waals surface area contributed by atoms with Crippen molar-refractivity contribution in [3.8, 4) is 27.9 Å². The van der Waals surface area contributed by atoms with Crippen LogP contribution in [-0.4, -0.2) is 4.57 Å². The Morgan fingerprint density at radius 3 is 1.11 bits per heavy atom. The molecule has 0 fully saturated rings. The van der Waals surface area contributed by atoms with Crippen molar-refractivity contribution < 1.29 is 0 Å². The largest absolute Gasteiger partial charge is 0.310 e. The fourth-order valence-corrected chi connectivity index (χ4v) is 8.58. The van der Waals surface area contributed by atoms with Crippen LogP contribution < -0.4 is 4.90 Å². The summed E-state index contributed by atoms with van der Waals surface area (Å²) in [5.41, 5.74) is 11.8. The second-order valence-electron chi connectivity index (χ2n) is 14.2. The molecule has 252 valence electrons. The van der Waals surface area contributed by atoms with Crippen LogP contribution in [0.25, 0.3) is 82.1 Å². The highest BCUT2D eigenvalue weighted by Crippen LogP contribution is 2.43. The van der Waals surface area contributed by atoms with Crippen LogP contribution in [0.15, 0.2) is 206 Å². The molecule has 0 spiro atoms. The third kappa shape index (κ3) is 4.88. The maximum Gasteiger partial charge on any atom is 0.0541 e. The number of para-hydroxylation sites is 2. The molecule has 11 aromatic rings. The zero-order valence-electron chi connectivity index (χ0n) is 29.5. The molecule has 0 N–H and O–H groups in total. The molecule has 0 atom stereocenters. The van der Waals surface area contributed by atoms with E-state index < -0.39 is 0 Å². The lowest BCUT2D eigenvalue weighted by Gasteiger charge is -2.27. The monoisotopic (exact) mass is 686 g/mol. The van der Waals surface area contributed by atoms with E-state index in [1.54, 1.807) is 0 Å². The van der Waals surface area contributed by atoms with Crippen molar-refractivity contribution in [2.45, 2.75) is 0 Å². The van der Waals surface area contributed by atoms with Gasteiger partial charge in [-0.05, 0) is 115 Å². The summed E-state index contributed by atoms with van der Waals surface area (Å²) >= 11 is 0. The van der Waals surface area contributed by atoms with Gasteiger partial charge in [-0.25, -0.2) is 0 Å². The standard InChI is InChI=1S/C52H34N2/c1-3-11-35(12-4-1)37-23-27-43(28-24-37)53(44-29-25-38(26-30-44)36-13-5-2-6-14-36)45-31-39-19-21-41-33-46(34-42-22-20-40(32-45)51(39)52(41)42)54-49-17-9-7-15-47(49)48-16-8-10-18-50(48)54/h1-34H. The number of fused-ring (bicyclic) bond motifs is 3. The zero-order chi connectivity index (χ0) is 35.6. The lowest BCUT2D eigenvalue weighted by molar-refractivity contribution is 1.19. The Balaban J connectivity index is 1.06. The molecular weight excluding hydrogens is 653 g/mol. The van der Waals surface area contributed by atoms with Gasteiger partial charge in [0.05, 0.1) is 11.0 Å². The average Bonchev–Trinajstić information content (AvgIpc) is 3.58. The zero-order valence-corrected chi connectivity index (χ0v) is 29.5. The first-order chi connectivity index (χ1) is 26.8. The highest BCUT2D eigenvalue weighted by Gasteiger charge is 2.19. The van der Waals surface area contributed by atoms with Crippen molar-refractivity contribution in [1.82, 2.24) is 4.57 Å². The van der Waals surface area contributed by atoms with Gasteiger partial charge in [0.2, 0.25) is 0 Å². The molecule has 0 saturated heterocycles. The number of rotatable bonds is 6. The van der Waals surface area contributed by atoms with Gasteiger partial charge in [-0.15, -0.1) is 0 Å². The lowest BCUT2D eigenvalue weighted by Crippen LogP contribution is -2.10. The van der Waals surface area contributed by atoms with Gasteiger partial charge in [0.15, 0.2) is 0 Å². The van der Waals surface area contributed by atoms with E-state index in [1.807, 2.05) is 0 Å². The molecule has 0 aliphatic carbocycles. The number of hydrogen-bond acceptors (Lipinski definition) is 1. The summed E-state index contributed by atoms with van der Waals surface area (Å²) in [5, 5.41) is 10.1. The van der Waals surface area contributed by atoms with Crippen molar-refractivity contribution in [2.24, 2.45) is 0 Å². The maximum absolute atomic E-state index is 2.42. The van der Waals surface area contributed by atoms with E-state index in [2.05, 4.69) is 216 Å². The Kier molecular flexibility index (Phi) is 6.90. The maximum atomic E-state index is 2.42. The minimum absolute atomic E-state index is 1.12. The van der Waals surface area contributed by atoms with Gasteiger partial charge < -0.3 is 9.47 Å². The van der Waals surface area contributed by atoms with Crippen molar-refractivity contribution in [1.29, 1.82) is 0 Å². The molecule has 0 saturated carbocycles. The Morgan fingerprint density at radius 1 is 0.296 bits per heavy atom. The predicted molar refractivity (Wildman–Crippen MR) is 230 cm³/mol. The van der Waals surface area contributed by atoms with E-state index in [0.717, 1.165) is 17.1 Å². The van der Waals surface area contributed by atoms with E-state index in [4.69, 9.17) is 0 Å². The molecule has 0 radical (unpaired) electrons. The molecule has 10 aromatic carbocycles. The van der Waals surface area contributed by atoms with Gasteiger partial charge in [-0.3, -0.25) is 0 Å². The second kappa shape index (κ2) is 12.2. The number of benzene rings is 10. The molecule has 2 heteroatoms. The summed E-state index contributed by atoms with van der Waals surface area (Å²) in [6, 6.07) is 75.2. The smallest absolute Gasteiger partial charge is 0.0541 e. The molecule has 1 heterocycles. The van der Waals surface area contributed by atoms with Gasteiger partial charge in [0.25, 0.3) is 0 Å². The van der Waals surface area contributed by atoms with Crippen molar-refractivity contribution >= 4 is 71.2 Å². The van der Waals surface area contributed by atoms with E-state index in [-0.39, 0.29) is 0 Å². The fourth-order valence-electron chi connectivity index (χ4n) is 8.58.